The first-order valence-corrected chi connectivity index (χ1v) is 7.18. The van der Waals surface area contributed by atoms with Gasteiger partial charge in [-0.15, -0.1) is 0 Å². The fourth-order valence-corrected chi connectivity index (χ4v) is 2.50. The lowest BCUT2D eigenvalue weighted by Gasteiger charge is -2.08. The van der Waals surface area contributed by atoms with Crippen molar-refractivity contribution in [2.24, 2.45) is 0 Å². The van der Waals surface area contributed by atoms with Crippen molar-refractivity contribution in [1.82, 2.24) is 0 Å². The Kier molecular flexibility index (Phi) is 3.76. The largest absolute Gasteiger partial charge is 0.206 e. The molecule has 3 aromatic rings. The molecule has 2 heteroatoms. The van der Waals surface area contributed by atoms with Gasteiger partial charge in [-0.05, 0) is 42.7 Å². The summed E-state index contributed by atoms with van der Waals surface area (Å²) in [7, 11) is 0. The third-order valence-corrected chi connectivity index (χ3v) is 3.77. The summed E-state index contributed by atoms with van der Waals surface area (Å²) in [6, 6.07) is 17.5. The lowest BCUT2D eigenvalue weighted by atomic mass is 9.98. The molecule has 0 unspecified atom stereocenters. The highest BCUT2D eigenvalue weighted by molar-refractivity contribution is 5.71. The van der Waals surface area contributed by atoms with Gasteiger partial charge in [0.2, 0.25) is 0 Å². The Morgan fingerprint density at radius 3 is 1.68 bits per heavy atom. The monoisotopic (exact) mass is 294 g/mol. The zero-order chi connectivity index (χ0) is 15.7. The number of rotatable bonds is 2. The highest BCUT2D eigenvalue weighted by atomic mass is 19.1. The molecule has 0 nitrogen and oxygen atoms in total. The van der Waals surface area contributed by atoms with E-state index in [2.05, 4.69) is 0 Å². The molecule has 22 heavy (non-hydrogen) atoms. The second-order valence-corrected chi connectivity index (χ2v) is 5.54. The molecule has 0 aliphatic rings. The third-order valence-electron chi connectivity index (χ3n) is 3.77. The van der Waals surface area contributed by atoms with Crippen LogP contribution < -0.4 is 0 Å². The number of hydrogen-bond donors (Lipinski definition) is 0. The summed E-state index contributed by atoms with van der Waals surface area (Å²) < 4.78 is 28.4. The van der Waals surface area contributed by atoms with Crippen LogP contribution >= 0.6 is 0 Å². The van der Waals surface area contributed by atoms with E-state index in [-0.39, 0.29) is 11.6 Å². The summed E-state index contributed by atoms with van der Waals surface area (Å²) in [4.78, 5) is 0. The Hall–Kier alpha value is -2.48. The molecular weight excluding hydrogens is 278 g/mol. The van der Waals surface area contributed by atoms with Crippen molar-refractivity contribution in [3.05, 3.63) is 83.4 Å². The maximum absolute atomic E-state index is 14.4. The van der Waals surface area contributed by atoms with Gasteiger partial charge in [0.05, 0.1) is 0 Å². The zero-order valence-corrected chi connectivity index (χ0v) is 12.5. The highest BCUT2D eigenvalue weighted by Crippen LogP contribution is 2.29. The molecule has 0 amide bonds. The Morgan fingerprint density at radius 2 is 1.05 bits per heavy atom. The maximum atomic E-state index is 14.4. The van der Waals surface area contributed by atoms with Crippen LogP contribution in [0.15, 0.2) is 60.7 Å². The molecule has 3 aromatic carbocycles. The van der Waals surface area contributed by atoms with Gasteiger partial charge in [0.1, 0.15) is 11.6 Å². The first-order chi connectivity index (χ1) is 10.5. The molecule has 0 heterocycles. The van der Waals surface area contributed by atoms with Crippen LogP contribution in [-0.2, 0) is 0 Å². The molecule has 0 aliphatic carbocycles. The number of hydrogen-bond acceptors (Lipinski definition) is 0. The quantitative estimate of drug-likeness (QED) is 0.550. The van der Waals surface area contributed by atoms with Crippen LogP contribution in [-0.4, -0.2) is 0 Å². The van der Waals surface area contributed by atoms with Gasteiger partial charge >= 0.3 is 0 Å². The predicted octanol–water partition coefficient (Wildman–Crippen LogP) is 5.92. The summed E-state index contributed by atoms with van der Waals surface area (Å²) in [5.41, 5.74) is 4.28. The van der Waals surface area contributed by atoms with E-state index in [1.807, 2.05) is 44.2 Å². The van der Waals surface area contributed by atoms with Crippen molar-refractivity contribution in [1.29, 1.82) is 0 Å². The molecule has 0 aliphatic heterocycles. The van der Waals surface area contributed by atoms with Crippen LogP contribution in [0.1, 0.15) is 11.1 Å². The van der Waals surface area contributed by atoms with E-state index in [9.17, 15) is 8.78 Å². The van der Waals surface area contributed by atoms with Crippen LogP contribution in [0.3, 0.4) is 0 Å². The predicted molar refractivity (Wildman–Crippen MR) is 86.7 cm³/mol. The van der Waals surface area contributed by atoms with Gasteiger partial charge in [-0.1, -0.05) is 54.1 Å². The summed E-state index contributed by atoms with van der Waals surface area (Å²) in [5, 5.41) is 0. The van der Waals surface area contributed by atoms with Crippen molar-refractivity contribution in [3.8, 4) is 22.3 Å². The van der Waals surface area contributed by atoms with E-state index in [0.29, 0.717) is 16.7 Å². The van der Waals surface area contributed by atoms with Crippen molar-refractivity contribution < 1.29 is 8.78 Å². The topological polar surface area (TPSA) is 0 Å². The van der Waals surface area contributed by atoms with Gasteiger partial charge in [0, 0.05) is 11.1 Å². The van der Waals surface area contributed by atoms with Gasteiger partial charge in [-0.25, -0.2) is 8.78 Å². The molecule has 0 saturated heterocycles. The molecule has 0 radical (unpaired) electrons. The van der Waals surface area contributed by atoms with E-state index in [1.165, 1.54) is 12.1 Å². The van der Waals surface area contributed by atoms with Gasteiger partial charge in [0.25, 0.3) is 0 Å². The molecule has 3 rings (SSSR count). The summed E-state index contributed by atoms with van der Waals surface area (Å²) in [5.74, 6) is -0.677. The van der Waals surface area contributed by atoms with Crippen LogP contribution in [0.25, 0.3) is 22.3 Å². The van der Waals surface area contributed by atoms with Gasteiger partial charge in [-0.2, -0.15) is 0 Å². The Morgan fingerprint density at radius 1 is 0.545 bits per heavy atom. The molecule has 0 aromatic heterocycles. The van der Waals surface area contributed by atoms with E-state index in [4.69, 9.17) is 0 Å². The molecular formula is C20H16F2. The summed E-state index contributed by atoms with van der Waals surface area (Å²) in [6.45, 7) is 3.82. The highest BCUT2D eigenvalue weighted by Gasteiger charge is 2.10. The Balaban J connectivity index is 2.03. The summed E-state index contributed by atoms with van der Waals surface area (Å²) >= 11 is 0. The number of halogens is 2. The second kappa shape index (κ2) is 5.72. The SMILES string of the molecule is Cc1ccc(-c2ccc(-c3ccc(C)cc3F)cc2F)cc1. The number of benzene rings is 3. The zero-order valence-electron chi connectivity index (χ0n) is 12.5. The molecule has 0 bridgehead atoms. The second-order valence-electron chi connectivity index (χ2n) is 5.54. The lowest BCUT2D eigenvalue weighted by molar-refractivity contribution is 0.626. The third kappa shape index (κ3) is 2.77. The van der Waals surface area contributed by atoms with Crippen LogP contribution in [0.4, 0.5) is 8.78 Å². The molecule has 0 atom stereocenters. The fraction of sp³-hybridized carbons (Fsp3) is 0.100. The Labute approximate surface area is 129 Å². The molecule has 0 saturated carbocycles. The first kappa shape index (κ1) is 14.5. The van der Waals surface area contributed by atoms with Crippen molar-refractivity contribution in [2.75, 3.05) is 0 Å². The smallest absolute Gasteiger partial charge is 0.131 e. The van der Waals surface area contributed by atoms with E-state index in [0.717, 1.165) is 16.7 Å². The van der Waals surface area contributed by atoms with E-state index in [1.54, 1.807) is 18.2 Å². The minimum Gasteiger partial charge on any atom is -0.206 e. The number of aryl methyl sites for hydroxylation is 2. The van der Waals surface area contributed by atoms with Crippen LogP contribution in [0.2, 0.25) is 0 Å². The molecule has 110 valence electrons. The molecule has 0 spiro atoms. The van der Waals surface area contributed by atoms with Crippen LogP contribution in [0.5, 0.6) is 0 Å². The molecule has 0 fully saturated rings. The summed E-state index contributed by atoms with van der Waals surface area (Å²) in [6.07, 6.45) is 0. The van der Waals surface area contributed by atoms with E-state index < -0.39 is 0 Å². The van der Waals surface area contributed by atoms with E-state index >= 15 is 0 Å². The van der Waals surface area contributed by atoms with Gasteiger partial charge < -0.3 is 0 Å². The lowest BCUT2D eigenvalue weighted by Crippen LogP contribution is -1.90. The van der Waals surface area contributed by atoms with Crippen molar-refractivity contribution >= 4 is 0 Å². The van der Waals surface area contributed by atoms with Gasteiger partial charge in [-0.3, -0.25) is 0 Å². The average molecular weight is 294 g/mol. The Bertz CT molecular complexity index is 818. The molecule has 0 N–H and O–H groups in total. The first-order valence-electron chi connectivity index (χ1n) is 7.18. The average Bonchev–Trinajstić information content (AvgIpc) is 2.48. The normalized spacial score (nSPS) is 10.7. The van der Waals surface area contributed by atoms with Gasteiger partial charge in [0.15, 0.2) is 0 Å². The maximum Gasteiger partial charge on any atom is 0.131 e. The fourth-order valence-electron chi connectivity index (χ4n) is 2.50. The van der Waals surface area contributed by atoms with Crippen LogP contribution in [0, 0.1) is 25.5 Å². The minimum absolute atomic E-state index is 0.331. The minimum atomic E-state index is -0.346. The standard InChI is InChI=1S/C20H16F2/c1-13-3-6-15(7-4-13)17-10-8-16(12-20(17)22)18-9-5-14(2)11-19(18)21/h3-12H,1-2H3. The van der Waals surface area contributed by atoms with Crippen molar-refractivity contribution in [2.45, 2.75) is 13.8 Å². The van der Waals surface area contributed by atoms with Crippen molar-refractivity contribution in [3.63, 3.8) is 0 Å².